The van der Waals surface area contributed by atoms with E-state index < -0.39 is 24.1 Å². The van der Waals surface area contributed by atoms with Gasteiger partial charge in [-0.3, -0.25) is 4.57 Å². The van der Waals surface area contributed by atoms with E-state index in [2.05, 4.69) is 11.6 Å². The zero-order valence-corrected chi connectivity index (χ0v) is 14.8. The molecule has 2 aromatic heterocycles. The topological polar surface area (TPSA) is 97.7 Å². The minimum Gasteiger partial charge on any atom is -0.443 e. The maximum absolute atomic E-state index is 12.3. The second kappa shape index (κ2) is 8.62. The molecule has 3 rings (SSSR count). The van der Waals surface area contributed by atoms with Gasteiger partial charge in [0.2, 0.25) is 5.71 Å². The summed E-state index contributed by atoms with van der Waals surface area (Å²) in [5, 5.41) is 19.8. The molecule has 1 aliphatic heterocycles. The Morgan fingerprint density at radius 1 is 1.35 bits per heavy atom. The summed E-state index contributed by atoms with van der Waals surface area (Å²) in [6, 6.07) is 1.90. The molecule has 0 aliphatic carbocycles. The third-order valence-corrected chi connectivity index (χ3v) is 4.76. The number of aliphatic hydroxyl groups is 2. The number of allylic oxidation sites excluding steroid dienone is 1. The van der Waals surface area contributed by atoms with Crippen LogP contribution in [-0.4, -0.2) is 38.6 Å². The van der Waals surface area contributed by atoms with Crippen molar-refractivity contribution in [2.24, 2.45) is 0 Å². The summed E-state index contributed by atoms with van der Waals surface area (Å²) in [5.41, 5.74) is -0.163. The summed E-state index contributed by atoms with van der Waals surface area (Å²) < 4.78 is 12.6. The van der Waals surface area contributed by atoms with Gasteiger partial charge in [-0.2, -0.15) is 4.98 Å². The van der Waals surface area contributed by atoms with Crippen LogP contribution in [0.15, 0.2) is 34.1 Å². The van der Waals surface area contributed by atoms with Gasteiger partial charge >= 0.3 is 5.69 Å². The predicted octanol–water partition coefficient (Wildman–Crippen LogP) is 2.31. The van der Waals surface area contributed by atoms with E-state index >= 15 is 0 Å². The van der Waals surface area contributed by atoms with Crippen LogP contribution in [0.25, 0.3) is 11.1 Å². The monoisotopic (exact) mass is 362 g/mol. The van der Waals surface area contributed by atoms with Gasteiger partial charge in [0.25, 0.3) is 0 Å². The van der Waals surface area contributed by atoms with E-state index in [1.165, 1.54) is 11.0 Å². The fourth-order valence-electron chi connectivity index (χ4n) is 3.30. The average molecular weight is 362 g/mol. The minimum absolute atomic E-state index is 0.244. The van der Waals surface area contributed by atoms with Gasteiger partial charge in [0.1, 0.15) is 18.1 Å². The summed E-state index contributed by atoms with van der Waals surface area (Å²) >= 11 is 0. The number of hydrogen-bond donors (Lipinski definition) is 2. The van der Waals surface area contributed by atoms with Crippen LogP contribution < -0.4 is 5.69 Å². The lowest BCUT2D eigenvalue weighted by Gasteiger charge is -2.13. The highest BCUT2D eigenvalue weighted by molar-refractivity contribution is 5.72. The van der Waals surface area contributed by atoms with E-state index in [1.807, 2.05) is 12.1 Å². The Balaban J connectivity index is 1.67. The van der Waals surface area contributed by atoms with Crippen LogP contribution in [0.3, 0.4) is 0 Å². The molecule has 3 atom stereocenters. The number of unbranched alkanes of at least 4 members (excludes halogenated alkanes) is 4. The molecule has 0 aromatic carbocycles. The summed E-state index contributed by atoms with van der Waals surface area (Å²) in [5.74, 6) is 0.814. The first-order chi connectivity index (χ1) is 12.6. The summed E-state index contributed by atoms with van der Waals surface area (Å²) in [6.07, 6.45) is 8.07. The average Bonchev–Trinajstić information content (AvgIpc) is 3.19. The molecular formula is C19H26N2O5. The summed E-state index contributed by atoms with van der Waals surface area (Å²) in [6.45, 7) is 3.43. The Morgan fingerprint density at radius 3 is 2.88 bits per heavy atom. The molecule has 1 aliphatic rings. The molecule has 0 amide bonds. The minimum atomic E-state index is -0.798. The fourth-order valence-corrected chi connectivity index (χ4v) is 3.30. The zero-order valence-electron chi connectivity index (χ0n) is 14.8. The molecule has 1 saturated heterocycles. The van der Waals surface area contributed by atoms with E-state index in [4.69, 9.17) is 9.15 Å². The molecule has 2 aromatic rings. The van der Waals surface area contributed by atoms with Crippen LogP contribution in [0.5, 0.6) is 0 Å². The molecule has 0 saturated carbocycles. The smallest absolute Gasteiger partial charge is 0.353 e. The maximum atomic E-state index is 12.3. The Bertz CT molecular complexity index is 797. The highest BCUT2D eigenvalue weighted by atomic mass is 16.5. The van der Waals surface area contributed by atoms with Gasteiger partial charge in [-0.05, 0) is 25.3 Å². The number of furan rings is 1. The number of ether oxygens (including phenoxy) is 1. The Morgan fingerprint density at radius 2 is 2.15 bits per heavy atom. The van der Waals surface area contributed by atoms with E-state index in [0.29, 0.717) is 5.71 Å². The first-order valence-electron chi connectivity index (χ1n) is 9.19. The second-order valence-electron chi connectivity index (χ2n) is 6.76. The molecule has 0 unspecified atom stereocenters. The summed E-state index contributed by atoms with van der Waals surface area (Å²) in [4.78, 5) is 16.2. The number of fused-ring (bicyclic) bond motifs is 1. The molecule has 3 heterocycles. The van der Waals surface area contributed by atoms with Crippen molar-refractivity contribution in [3.63, 3.8) is 0 Å². The number of rotatable bonds is 9. The molecule has 0 radical (unpaired) electrons. The standard InChI is InChI=1S/C19H26N2O5/c1-2-3-4-5-6-7-8-14-9-13-11-21(19(24)20-18(13)25-14)17-10-15(23)16(12-22)26-17/h2,9,11,15-17,22-23H,1,3-8,10,12H2/t15-,16+,17+/m0/s1. The quantitative estimate of drug-likeness (QED) is 0.525. The number of aliphatic hydroxyl groups excluding tert-OH is 2. The second-order valence-corrected chi connectivity index (χ2v) is 6.76. The normalized spacial score (nSPS) is 22.9. The van der Waals surface area contributed by atoms with E-state index in [0.717, 1.165) is 43.3 Å². The van der Waals surface area contributed by atoms with Gasteiger partial charge in [-0.1, -0.05) is 18.9 Å². The van der Waals surface area contributed by atoms with Crippen LogP contribution in [0, 0.1) is 0 Å². The van der Waals surface area contributed by atoms with Crippen molar-refractivity contribution in [1.82, 2.24) is 9.55 Å². The van der Waals surface area contributed by atoms with Gasteiger partial charge in [0.05, 0.1) is 18.1 Å². The van der Waals surface area contributed by atoms with Crippen LogP contribution in [0.2, 0.25) is 0 Å². The maximum Gasteiger partial charge on any atom is 0.353 e. The number of nitrogens with zero attached hydrogens (tertiary/aromatic N) is 2. The molecule has 7 nitrogen and oxygen atoms in total. The Labute approximate surface area is 151 Å². The molecule has 2 N–H and O–H groups in total. The van der Waals surface area contributed by atoms with E-state index in [9.17, 15) is 15.0 Å². The van der Waals surface area contributed by atoms with Gasteiger partial charge in [-0.15, -0.1) is 6.58 Å². The van der Waals surface area contributed by atoms with Gasteiger partial charge in [-0.25, -0.2) is 4.79 Å². The highest BCUT2D eigenvalue weighted by Crippen LogP contribution is 2.28. The van der Waals surface area contributed by atoms with Crippen LogP contribution in [0.4, 0.5) is 0 Å². The SMILES string of the molecule is C=CCCCCCCc1cc2cn([C@H]3C[C@H](O)[C@@H](CO)O3)c(=O)nc2o1. The summed E-state index contributed by atoms with van der Waals surface area (Å²) in [7, 11) is 0. The Kier molecular flexibility index (Phi) is 6.24. The van der Waals surface area contributed by atoms with Crippen molar-refractivity contribution in [3.05, 3.63) is 41.2 Å². The van der Waals surface area contributed by atoms with E-state index in [1.54, 1.807) is 6.20 Å². The zero-order chi connectivity index (χ0) is 18.5. The molecular weight excluding hydrogens is 336 g/mol. The molecule has 0 spiro atoms. The molecule has 142 valence electrons. The third kappa shape index (κ3) is 4.23. The van der Waals surface area contributed by atoms with Crippen LogP contribution in [-0.2, 0) is 11.2 Å². The van der Waals surface area contributed by atoms with Gasteiger partial charge < -0.3 is 19.4 Å². The van der Waals surface area contributed by atoms with Gasteiger partial charge in [0, 0.05) is 19.0 Å². The first kappa shape index (κ1) is 18.8. The lowest BCUT2D eigenvalue weighted by molar-refractivity contribution is -0.0457. The third-order valence-electron chi connectivity index (χ3n) is 4.76. The number of aromatic nitrogens is 2. The predicted molar refractivity (Wildman–Crippen MR) is 96.9 cm³/mol. The Hall–Kier alpha value is -1.96. The molecule has 1 fully saturated rings. The number of hydrogen-bond acceptors (Lipinski definition) is 6. The van der Waals surface area contributed by atoms with Crippen LogP contribution in [0.1, 0.15) is 50.5 Å². The van der Waals surface area contributed by atoms with Crippen molar-refractivity contribution < 1.29 is 19.4 Å². The largest absolute Gasteiger partial charge is 0.443 e. The lowest BCUT2D eigenvalue weighted by atomic mass is 10.1. The highest BCUT2D eigenvalue weighted by Gasteiger charge is 2.35. The molecule has 0 bridgehead atoms. The van der Waals surface area contributed by atoms with Crippen molar-refractivity contribution in [3.8, 4) is 0 Å². The first-order valence-corrected chi connectivity index (χ1v) is 9.19. The fraction of sp³-hybridized carbons (Fsp3) is 0.579. The van der Waals surface area contributed by atoms with Crippen LogP contribution >= 0.6 is 0 Å². The van der Waals surface area contributed by atoms with Crippen molar-refractivity contribution >= 4 is 11.1 Å². The van der Waals surface area contributed by atoms with Crippen molar-refractivity contribution in [2.45, 2.75) is 63.4 Å². The number of aryl methyl sites for hydroxylation is 1. The van der Waals surface area contributed by atoms with Crippen molar-refractivity contribution in [2.75, 3.05) is 6.61 Å². The lowest BCUT2D eigenvalue weighted by Crippen LogP contribution is -2.27. The molecule has 26 heavy (non-hydrogen) atoms. The van der Waals surface area contributed by atoms with Gasteiger partial charge in [0.15, 0.2) is 0 Å². The molecule has 7 heteroatoms. The van der Waals surface area contributed by atoms with E-state index in [-0.39, 0.29) is 13.0 Å². The van der Waals surface area contributed by atoms with Crippen molar-refractivity contribution in [1.29, 1.82) is 0 Å².